The number of rotatable bonds is 1. The van der Waals surface area contributed by atoms with Gasteiger partial charge in [-0.2, -0.15) is 0 Å². The monoisotopic (exact) mass is 227 g/mol. The van der Waals surface area contributed by atoms with Gasteiger partial charge in [-0.1, -0.05) is 11.6 Å². The highest BCUT2D eigenvalue weighted by atomic mass is 35.5. The van der Waals surface area contributed by atoms with Crippen molar-refractivity contribution in [2.24, 2.45) is 9.98 Å². The summed E-state index contributed by atoms with van der Waals surface area (Å²) < 4.78 is 0. The Bertz CT molecular complexity index is 438. The van der Waals surface area contributed by atoms with E-state index >= 15 is 0 Å². The summed E-state index contributed by atoms with van der Waals surface area (Å²) in [5.74, 6) is -0.880. The van der Waals surface area contributed by atoms with E-state index in [0.717, 1.165) is 6.20 Å². The van der Waals surface area contributed by atoms with Crippen molar-refractivity contribution in [3.05, 3.63) is 23.1 Å². The van der Waals surface area contributed by atoms with E-state index < -0.39 is 12.2 Å². The summed E-state index contributed by atoms with van der Waals surface area (Å²) in [5, 5.41) is 18.6. The van der Waals surface area contributed by atoms with Crippen molar-refractivity contribution in [2.45, 2.75) is 6.23 Å². The van der Waals surface area contributed by atoms with Crippen LogP contribution in [0.1, 0.15) is 0 Å². The van der Waals surface area contributed by atoms with Crippen LogP contribution in [0.2, 0.25) is 0 Å². The number of carboxylic acids is 1. The molecule has 0 unspecified atom stereocenters. The standard InChI is InChI=1S/C8H6ClN3O3/c9-5-3-12-6(2-10-5)11-1-4(7(12)13)8(14)15/h1-3,7,13H,(H,14,15)/t7-/m1/s1. The van der Waals surface area contributed by atoms with Crippen LogP contribution in [0.5, 0.6) is 0 Å². The molecular formula is C8H6ClN3O3. The third-order valence-electron chi connectivity index (χ3n) is 1.94. The molecule has 1 atom stereocenters. The molecule has 15 heavy (non-hydrogen) atoms. The van der Waals surface area contributed by atoms with Gasteiger partial charge >= 0.3 is 5.97 Å². The van der Waals surface area contributed by atoms with E-state index in [4.69, 9.17) is 16.7 Å². The molecule has 7 heteroatoms. The van der Waals surface area contributed by atoms with Gasteiger partial charge in [0.25, 0.3) is 0 Å². The quantitative estimate of drug-likeness (QED) is 0.623. The molecule has 6 nitrogen and oxygen atoms in total. The lowest BCUT2D eigenvalue weighted by molar-refractivity contribution is -0.134. The summed E-state index contributed by atoms with van der Waals surface area (Å²) in [5.41, 5.74) is -0.213. The van der Waals surface area contributed by atoms with E-state index in [2.05, 4.69) is 9.98 Å². The fraction of sp³-hybridized carbons (Fsp3) is 0.125. The lowest BCUT2D eigenvalue weighted by atomic mass is 10.2. The van der Waals surface area contributed by atoms with Crippen LogP contribution in [0.4, 0.5) is 0 Å². The lowest BCUT2D eigenvalue weighted by Gasteiger charge is -2.30. The Labute approximate surface area is 89.5 Å². The first-order valence-electron chi connectivity index (χ1n) is 3.98. The predicted octanol–water partition coefficient (Wildman–Crippen LogP) is 0.110. The van der Waals surface area contributed by atoms with Crippen molar-refractivity contribution in [3.8, 4) is 0 Å². The van der Waals surface area contributed by atoms with Gasteiger partial charge in [-0.05, 0) is 0 Å². The number of amidine groups is 1. The third kappa shape index (κ3) is 1.64. The first-order valence-corrected chi connectivity index (χ1v) is 4.36. The van der Waals surface area contributed by atoms with Crippen LogP contribution in [-0.4, -0.2) is 39.4 Å². The van der Waals surface area contributed by atoms with Gasteiger partial charge < -0.3 is 10.2 Å². The van der Waals surface area contributed by atoms with Crippen molar-refractivity contribution >= 4 is 29.6 Å². The fourth-order valence-corrected chi connectivity index (χ4v) is 1.37. The van der Waals surface area contributed by atoms with E-state index in [0.29, 0.717) is 5.84 Å². The Morgan fingerprint density at radius 2 is 2.33 bits per heavy atom. The number of fused-ring (bicyclic) bond motifs is 1. The molecule has 2 heterocycles. The summed E-state index contributed by atoms with van der Waals surface area (Å²) in [6, 6.07) is 0. The maximum atomic E-state index is 10.7. The molecule has 0 aliphatic carbocycles. The maximum absolute atomic E-state index is 10.7. The average Bonchev–Trinajstić information content (AvgIpc) is 2.19. The zero-order valence-corrected chi connectivity index (χ0v) is 8.09. The van der Waals surface area contributed by atoms with E-state index in [1.54, 1.807) is 0 Å². The molecule has 0 radical (unpaired) electrons. The third-order valence-corrected chi connectivity index (χ3v) is 2.13. The molecule has 0 spiro atoms. The predicted molar refractivity (Wildman–Crippen MR) is 53.4 cm³/mol. The number of aliphatic carboxylic acids is 1. The Balaban J connectivity index is 2.40. The fourth-order valence-electron chi connectivity index (χ4n) is 1.21. The van der Waals surface area contributed by atoms with Gasteiger partial charge in [0.1, 0.15) is 10.7 Å². The molecule has 78 valence electrons. The summed E-state index contributed by atoms with van der Waals surface area (Å²) in [6.07, 6.45) is 2.47. The molecule has 0 saturated carbocycles. The normalized spacial score (nSPS) is 24.0. The smallest absolute Gasteiger partial charge is 0.337 e. The Morgan fingerprint density at radius 3 is 3.00 bits per heavy atom. The van der Waals surface area contributed by atoms with Crippen LogP contribution in [0.15, 0.2) is 33.1 Å². The zero-order chi connectivity index (χ0) is 11.0. The second kappa shape index (κ2) is 3.48. The molecule has 0 amide bonds. The molecule has 0 saturated heterocycles. The van der Waals surface area contributed by atoms with Crippen molar-refractivity contribution in [1.29, 1.82) is 0 Å². The van der Waals surface area contributed by atoms with Crippen molar-refractivity contribution < 1.29 is 15.0 Å². The highest BCUT2D eigenvalue weighted by molar-refractivity contribution is 6.36. The minimum Gasteiger partial charge on any atom is -0.478 e. The van der Waals surface area contributed by atoms with E-state index in [-0.39, 0.29) is 10.7 Å². The second-order valence-electron chi connectivity index (χ2n) is 2.87. The molecule has 2 rings (SSSR count). The Hall–Kier alpha value is -1.66. The van der Waals surface area contributed by atoms with Gasteiger partial charge in [0.2, 0.25) is 0 Å². The summed E-state index contributed by atoms with van der Waals surface area (Å²) in [7, 11) is 0. The van der Waals surface area contributed by atoms with Crippen LogP contribution < -0.4 is 0 Å². The summed E-state index contributed by atoms with van der Waals surface area (Å²) in [4.78, 5) is 19.5. The van der Waals surface area contributed by atoms with Crippen LogP contribution in [-0.2, 0) is 4.79 Å². The molecule has 2 N–H and O–H groups in total. The number of aliphatic hydroxyl groups is 1. The molecule has 2 aliphatic rings. The molecule has 0 fully saturated rings. The lowest BCUT2D eigenvalue weighted by Crippen LogP contribution is -2.43. The number of hydrogen-bond acceptors (Lipinski definition) is 5. The number of halogens is 1. The number of carbonyl (C=O) groups is 1. The summed E-state index contributed by atoms with van der Waals surface area (Å²) >= 11 is 5.62. The first-order chi connectivity index (χ1) is 7.09. The van der Waals surface area contributed by atoms with Crippen LogP contribution >= 0.6 is 11.6 Å². The molecule has 0 aromatic carbocycles. The number of aliphatic imine (C=N–C) groups is 2. The molecule has 0 aromatic heterocycles. The van der Waals surface area contributed by atoms with E-state index in [1.807, 2.05) is 0 Å². The highest BCUT2D eigenvalue weighted by Gasteiger charge is 2.30. The van der Waals surface area contributed by atoms with Gasteiger partial charge in [0, 0.05) is 12.4 Å². The van der Waals surface area contributed by atoms with Crippen molar-refractivity contribution in [3.63, 3.8) is 0 Å². The minimum absolute atomic E-state index is 0.152. The Kier molecular flexibility index (Phi) is 2.29. The summed E-state index contributed by atoms with van der Waals surface area (Å²) in [6.45, 7) is 0. The number of aliphatic hydroxyl groups excluding tert-OH is 1. The topological polar surface area (TPSA) is 85.5 Å². The zero-order valence-electron chi connectivity index (χ0n) is 7.33. The van der Waals surface area contributed by atoms with E-state index in [9.17, 15) is 9.90 Å². The van der Waals surface area contributed by atoms with Gasteiger partial charge in [-0.3, -0.25) is 4.90 Å². The van der Waals surface area contributed by atoms with Crippen LogP contribution in [0, 0.1) is 0 Å². The van der Waals surface area contributed by atoms with Gasteiger partial charge in [-0.15, -0.1) is 0 Å². The maximum Gasteiger partial charge on any atom is 0.337 e. The van der Waals surface area contributed by atoms with Crippen molar-refractivity contribution in [1.82, 2.24) is 4.90 Å². The second-order valence-corrected chi connectivity index (χ2v) is 3.26. The van der Waals surface area contributed by atoms with E-state index in [1.165, 1.54) is 17.3 Å². The number of hydrogen-bond donors (Lipinski definition) is 2. The largest absolute Gasteiger partial charge is 0.478 e. The van der Waals surface area contributed by atoms with Crippen LogP contribution in [0.25, 0.3) is 0 Å². The number of nitrogens with zero attached hydrogens (tertiary/aromatic N) is 3. The Morgan fingerprint density at radius 1 is 1.60 bits per heavy atom. The van der Waals surface area contributed by atoms with Crippen molar-refractivity contribution in [2.75, 3.05) is 0 Å². The average molecular weight is 228 g/mol. The molecule has 0 bridgehead atoms. The van der Waals surface area contributed by atoms with Crippen LogP contribution in [0.3, 0.4) is 0 Å². The number of carboxylic acid groups (broad SMARTS) is 1. The van der Waals surface area contributed by atoms with Gasteiger partial charge in [0.05, 0.1) is 6.21 Å². The molecule has 2 aliphatic heterocycles. The van der Waals surface area contributed by atoms with Gasteiger partial charge in [-0.25, -0.2) is 14.8 Å². The molecule has 0 aromatic rings. The first kappa shape index (κ1) is 9.88. The SMILES string of the molecule is O=C(O)C1=CN=C2C=NC(Cl)=CN2[C@@H]1O. The van der Waals surface area contributed by atoms with Gasteiger partial charge in [0.15, 0.2) is 12.1 Å². The minimum atomic E-state index is -1.30. The highest BCUT2D eigenvalue weighted by Crippen LogP contribution is 2.20. The molecular weight excluding hydrogens is 222 g/mol.